The van der Waals surface area contributed by atoms with E-state index in [1.54, 1.807) is 0 Å². The highest BCUT2D eigenvalue weighted by Gasteiger charge is 2.43. The monoisotopic (exact) mass is 272 g/mol. The largest absolute Gasteiger partial charge is 0.389 e. The first-order chi connectivity index (χ1) is 8.38. The maximum atomic E-state index is 13.5. The van der Waals surface area contributed by atoms with Gasteiger partial charge in [-0.2, -0.15) is 5.26 Å². The highest BCUT2D eigenvalue weighted by atomic mass is 32.1. The summed E-state index contributed by atoms with van der Waals surface area (Å²) in [7, 11) is 0. The highest BCUT2D eigenvalue weighted by molar-refractivity contribution is 7.16. The maximum absolute atomic E-state index is 13.5. The molecule has 0 saturated carbocycles. The summed E-state index contributed by atoms with van der Waals surface area (Å²) in [4.78, 5) is -0.00435. The molecule has 0 aliphatic heterocycles. The number of anilines is 1. The molecule has 1 heterocycles. The number of halogens is 2. The number of nitriles is 1. The van der Waals surface area contributed by atoms with E-state index in [2.05, 4.69) is 13.8 Å². The normalized spacial score (nSPS) is 20.3. The first-order valence-electron chi connectivity index (χ1n) is 6.09. The third kappa shape index (κ3) is 2.64. The van der Waals surface area contributed by atoms with Gasteiger partial charge in [0.15, 0.2) is 0 Å². The third-order valence-corrected chi connectivity index (χ3v) is 3.95. The Labute approximate surface area is 110 Å². The molecule has 2 nitrogen and oxygen atoms in total. The van der Waals surface area contributed by atoms with Crippen molar-refractivity contribution in [1.82, 2.24) is 0 Å². The number of nitrogens with zero attached hydrogens (tertiary/aromatic N) is 1. The van der Waals surface area contributed by atoms with Crippen molar-refractivity contribution in [2.75, 3.05) is 5.73 Å². The molecule has 18 heavy (non-hydrogen) atoms. The van der Waals surface area contributed by atoms with E-state index in [1.165, 1.54) is 6.42 Å². The fourth-order valence-corrected chi connectivity index (χ4v) is 3.12. The Morgan fingerprint density at radius 2 is 2.06 bits per heavy atom. The van der Waals surface area contributed by atoms with Crippen LogP contribution in [-0.4, -0.2) is 0 Å². The summed E-state index contributed by atoms with van der Waals surface area (Å²) in [5, 5.41) is 9.10. The predicted octanol–water partition coefficient (Wildman–Crippen LogP) is 4.61. The summed E-state index contributed by atoms with van der Waals surface area (Å²) in [6.07, 6.45) is 1.51. The number of rotatable bonds is 0. The Morgan fingerprint density at radius 3 is 2.56 bits per heavy atom. The second-order valence-corrected chi connectivity index (χ2v) is 5.60. The Hall–Kier alpha value is -1.15. The molecule has 100 valence electrons. The number of hydrogen-bond donors (Lipinski definition) is 1. The average Bonchev–Trinajstić information content (AvgIpc) is 2.64. The van der Waals surface area contributed by atoms with E-state index in [4.69, 9.17) is 11.0 Å². The topological polar surface area (TPSA) is 49.8 Å². The van der Waals surface area contributed by atoms with Crippen LogP contribution in [-0.2, 0) is 5.92 Å². The molecular formula is C13H18F2N2S. The number of alkyl halides is 2. The summed E-state index contributed by atoms with van der Waals surface area (Å²) in [6, 6.07) is 1.92. The van der Waals surface area contributed by atoms with Crippen molar-refractivity contribution in [2.45, 2.75) is 51.9 Å². The number of nitrogens with two attached hydrogens (primary N) is 1. The average molecular weight is 272 g/mol. The Morgan fingerprint density at radius 1 is 1.50 bits per heavy atom. The first-order valence-corrected chi connectivity index (χ1v) is 6.91. The number of hydrogen-bond acceptors (Lipinski definition) is 3. The van der Waals surface area contributed by atoms with Gasteiger partial charge in [0, 0.05) is 6.42 Å². The van der Waals surface area contributed by atoms with E-state index >= 15 is 0 Å². The maximum Gasteiger partial charge on any atom is 0.282 e. The van der Waals surface area contributed by atoms with Crippen LogP contribution in [0.3, 0.4) is 0 Å². The van der Waals surface area contributed by atoms with Crippen molar-refractivity contribution < 1.29 is 8.78 Å². The van der Waals surface area contributed by atoms with Crippen LogP contribution >= 0.6 is 11.3 Å². The minimum absolute atomic E-state index is 0.00262. The molecule has 1 unspecified atom stereocenters. The minimum Gasteiger partial charge on any atom is -0.389 e. The standard InChI is InChI=1S/C10H10F2N2S.C3H8/c1-5-2-3-10(11,12)8-7(5)6(4-13)9(14)15-8;1-3-2/h5H,2-3,14H2,1H3;3H2,1-2H3. The lowest BCUT2D eigenvalue weighted by atomic mass is 9.85. The second-order valence-electron chi connectivity index (χ2n) is 4.55. The fourth-order valence-electron chi connectivity index (χ4n) is 1.98. The number of nitrogen functional groups attached to an aromatic ring is 1. The van der Waals surface area contributed by atoms with Crippen LogP contribution in [0.15, 0.2) is 0 Å². The summed E-state index contributed by atoms with van der Waals surface area (Å²) in [5.74, 6) is -2.81. The van der Waals surface area contributed by atoms with Gasteiger partial charge in [0.2, 0.25) is 0 Å². The molecule has 0 radical (unpaired) electrons. The van der Waals surface area contributed by atoms with Crippen LogP contribution in [0.4, 0.5) is 13.8 Å². The van der Waals surface area contributed by atoms with Gasteiger partial charge in [0.05, 0.1) is 10.4 Å². The van der Waals surface area contributed by atoms with Gasteiger partial charge in [-0.05, 0) is 17.9 Å². The molecule has 5 heteroatoms. The van der Waals surface area contributed by atoms with Gasteiger partial charge in [-0.15, -0.1) is 11.3 Å². The first kappa shape index (κ1) is 14.9. The van der Waals surface area contributed by atoms with E-state index in [9.17, 15) is 8.78 Å². The fraction of sp³-hybridized carbons (Fsp3) is 0.615. The SMILES string of the molecule is CC1CCC(F)(F)c2sc(N)c(C#N)c21.CCC. The molecule has 0 saturated heterocycles. The van der Waals surface area contributed by atoms with E-state index < -0.39 is 5.92 Å². The molecule has 2 rings (SSSR count). The second kappa shape index (κ2) is 5.66. The van der Waals surface area contributed by atoms with Gasteiger partial charge >= 0.3 is 0 Å². The highest BCUT2D eigenvalue weighted by Crippen LogP contribution is 2.51. The number of fused-ring (bicyclic) bond motifs is 1. The lowest BCUT2D eigenvalue weighted by Crippen LogP contribution is -2.21. The van der Waals surface area contributed by atoms with Gasteiger partial charge in [0.1, 0.15) is 11.1 Å². The van der Waals surface area contributed by atoms with E-state index in [0.717, 1.165) is 11.3 Å². The summed E-state index contributed by atoms with van der Waals surface area (Å²) in [5.41, 5.74) is 6.30. The zero-order valence-electron chi connectivity index (χ0n) is 10.9. The third-order valence-electron chi connectivity index (χ3n) is 2.80. The molecule has 0 spiro atoms. The zero-order chi connectivity index (χ0) is 13.9. The molecule has 0 fully saturated rings. The molecule has 1 aliphatic rings. The van der Waals surface area contributed by atoms with Crippen LogP contribution in [0.2, 0.25) is 0 Å². The molecule has 1 aromatic heterocycles. The van der Waals surface area contributed by atoms with Crippen molar-refractivity contribution >= 4 is 16.3 Å². The molecular weight excluding hydrogens is 254 g/mol. The van der Waals surface area contributed by atoms with Crippen LogP contribution < -0.4 is 5.73 Å². The van der Waals surface area contributed by atoms with Crippen molar-refractivity contribution in [2.24, 2.45) is 0 Å². The lowest BCUT2D eigenvalue weighted by molar-refractivity contribution is -0.0204. The molecule has 2 N–H and O–H groups in total. The van der Waals surface area contributed by atoms with Crippen LogP contribution in [0.5, 0.6) is 0 Å². The van der Waals surface area contributed by atoms with Crippen molar-refractivity contribution in [3.8, 4) is 6.07 Å². The Balaban J connectivity index is 0.000000492. The van der Waals surface area contributed by atoms with Crippen LogP contribution in [0.1, 0.15) is 62.0 Å². The zero-order valence-corrected chi connectivity index (χ0v) is 11.7. The Kier molecular flexibility index (Phi) is 4.69. The van der Waals surface area contributed by atoms with Gasteiger partial charge in [-0.1, -0.05) is 27.2 Å². The predicted molar refractivity (Wildman–Crippen MR) is 71.0 cm³/mol. The van der Waals surface area contributed by atoms with Crippen molar-refractivity contribution in [3.63, 3.8) is 0 Å². The molecule has 1 aromatic rings. The minimum atomic E-state index is -2.81. The smallest absolute Gasteiger partial charge is 0.282 e. The Bertz CT molecular complexity index is 460. The lowest BCUT2D eigenvalue weighted by Gasteiger charge is -2.26. The van der Waals surface area contributed by atoms with Crippen molar-refractivity contribution in [3.05, 3.63) is 16.0 Å². The van der Waals surface area contributed by atoms with Gasteiger partial charge in [-0.3, -0.25) is 0 Å². The quantitative estimate of drug-likeness (QED) is 0.750. The van der Waals surface area contributed by atoms with Gasteiger partial charge < -0.3 is 5.73 Å². The van der Waals surface area contributed by atoms with Crippen LogP contribution in [0, 0.1) is 11.3 Å². The molecule has 0 aromatic carbocycles. The summed E-state index contributed by atoms with van der Waals surface area (Å²) in [6.45, 7) is 6.11. The van der Waals surface area contributed by atoms with E-state index in [-0.39, 0.29) is 27.8 Å². The summed E-state index contributed by atoms with van der Waals surface area (Å²) >= 11 is 0.857. The van der Waals surface area contributed by atoms with E-state index in [0.29, 0.717) is 12.0 Å². The van der Waals surface area contributed by atoms with E-state index in [1.807, 2.05) is 13.0 Å². The van der Waals surface area contributed by atoms with Gasteiger partial charge in [-0.25, -0.2) is 8.78 Å². The van der Waals surface area contributed by atoms with Gasteiger partial charge in [0.25, 0.3) is 5.92 Å². The van der Waals surface area contributed by atoms with Crippen LogP contribution in [0.25, 0.3) is 0 Å². The molecule has 0 bridgehead atoms. The molecule has 1 aliphatic carbocycles. The molecule has 0 amide bonds. The number of thiophene rings is 1. The van der Waals surface area contributed by atoms with Crippen molar-refractivity contribution in [1.29, 1.82) is 5.26 Å². The summed E-state index contributed by atoms with van der Waals surface area (Å²) < 4.78 is 27.1. The molecule has 1 atom stereocenters.